The van der Waals surface area contributed by atoms with Gasteiger partial charge in [0, 0.05) is 19.8 Å². The van der Waals surface area contributed by atoms with Crippen LogP contribution in [0, 0.1) is 0 Å². The number of nitrogens with one attached hydrogen (secondary N) is 2. The maximum absolute atomic E-state index is 13.5. The van der Waals surface area contributed by atoms with Crippen LogP contribution < -0.4 is 10.6 Å². The van der Waals surface area contributed by atoms with Gasteiger partial charge in [-0.25, -0.2) is 4.79 Å². The van der Waals surface area contributed by atoms with Gasteiger partial charge in [-0.2, -0.15) is 0 Å². The van der Waals surface area contributed by atoms with E-state index in [9.17, 15) is 75.7 Å². The van der Waals surface area contributed by atoms with E-state index in [1.165, 1.54) is 180 Å². The second-order valence-electron chi connectivity index (χ2n) is 28.6. The Balaban J connectivity index is 1.54. The molecule has 3 aliphatic heterocycles. The van der Waals surface area contributed by atoms with Crippen molar-refractivity contribution < 1.29 is 104 Å². The molecule has 18 atom stereocenters. The van der Waals surface area contributed by atoms with E-state index in [1.807, 2.05) is 0 Å². The number of ether oxygens (including phenoxy) is 6. The molecule has 18 unspecified atom stereocenters. The molecular formula is C75H140N2O21. The fraction of sp³-hybridized carbons (Fsp3) is 0.933. The molecule has 0 bridgehead atoms. The van der Waals surface area contributed by atoms with Crippen LogP contribution in [-0.2, 0) is 42.8 Å². The standard InChI is InChI=1S/C75H140N2O21/c1-4-6-8-10-12-14-16-18-20-22-24-26-27-29-31-33-35-37-39-41-43-45-47-49-62(85)77-56(57(82)48-46-44-42-40-38-36-34-32-30-28-25-23-21-19-17-15-13-11-9-7-5-2)54-93-72-67(89)66(88)69(61(53-80)95-72)96-73-68(90)71(65(87)60(52-79)94-73)98-75(74(91)92)50-58(83)63(76-55(3)81)70(97-75)64(86)59(84)51-78/h29,31,56-61,63-73,78-80,82-84,86-90H,4-28,30,32-54H2,1-3H3,(H,76,81)(H,77,85)(H,91,92)/b31-29-. The van der Waals surface area contributed by atoms with Gasteiger partial charge < -0.3 is 100 Å². The van der Waals surface area contributed by atoms with E-state index < -0.39 is 148 Å². The number of carboxylic acids is 1. The molecule has 23 nitrogen and oxygen atoms in total. The number of aliphatic carboxylic acids is 1. The highest BCUT2D eigenvalue weighted by Crippen LogP contribution is 2.39. The van der Waals surface area contributed by atoms with E-state index in [4.69, 9.17) is 28.4 Å². The maximum atomic E-state index is 13.5. The molecule has 3 fully saturated rings. The van der Waals surface area contributed by atoms with Crippen LogP contribution in [0.5, 0.6) is 0 Å². The molecule has 3 rings (SSSR count). The molecule has 576 valence electrons. The number of carbonyl (C=O) groups is 3. The topological polar surface area (TPSA) is 373 Å². The predicted molar refractivity (Wildman–Crippen MR) is 375 cm³/mol. The Morgan fingerprint density at radius 2 is 0.949 bits per heavy atom. The van der Waals surface area contributed by atoms with Gasteiger partial charge in [-0.05, 0) is 38.5 Å². The second-order valence-corrected chi connectivity index (χ2v) is 28.6. The first-order valence-electron chi connectivity index (χ1n) is 39.0. The van der Waals surface area contributed by atoms with Crippen LogP contribution in [-0.4, -0.2) is 215 Å². The zero-order valence-electron chi connectivity index (χ0n) is 60.7. The van der Waals surface area contributed by atoms with Crippen molar-refractivity contribution in [3.05, 3.63) is 12.2 Å². The van der Waals surface area contributed by atoms with Crippen molar-refractivity contribution in [2.24, 2.45) is 0 Å². The molecule has 23 heteroatoms. The van der Waals surface area contributed by atoms with E-state index >= 15 is 0 Å². The highest BCUT2D eigenvalue weighted by Gasteiger charge is 2.60. The van der Waals surface area contributed by atoms with Gasteiger partial charge in [-0.15, -0.1) is 0 Å². The van der Waals surface area contributed by atoms with E-state index in [1.54, 1.807) is 0 Å². The van der Waals surface area contributed by atoms with Gasteiger partial charge in [0.2, 0.25) is 11.8 Å². The molecule has 3 aliphatic rings. The Morgan fingerprint density at radius 3 is 1.38 bits per heavy atom. The molecule has 0 aromatic rings. The van der Waals surface area contributed by atoms with Gasteiger partial charge in [0.15, 0.2) is 12.6 Å². The molecule has 0 aliphatic carbocycles. The minimum absolute atomic E-state index is 0.221. The highest BCUT2D eigenvalue weighted by atomic mass is 16.8. The van der Waals surface area contributed by atoms with E-state index in [0.29, 0.717) is 19.3 Å². The average molecular weight is 1410 g/mol. The second kappa shape index (κ2) is 55.0. The first-order chi connectivity index (χ1) is 47.4. The molecule has 0 aromatic carbocycles. The highest BCUT2D eigenvalue weighted by molar-refractivity contribution is 5.77. The molecule has 0 saturated carbocycles. The summed E-state index contributed by atoms with van der Waals surface area (Å²) in [5, 5.41) is 136. The fourth-order valence-corrected chi connectivity index (χ4v) is 13.8. The van der Waals surface area contributed by atoms with Crippen LogP contribution >= 0.6 is 0 Å². The zero-order chi connectivity index (χ0) is 71.8. The summed E-state index contributed by atoms with van der Waals surface area (Å²) in [5.41, 5.74) is 0. The van der Waals surface area contributed by atoms with Crippen molar-refractivity contribution in [1.29, 1.82) is 0 Å². The predicted octanol–water partition coefficient (Wildman–Crippen LogP) is 9.41. The third-order valence-electron chi connectivity index (χ3n) is 20.0. The largest absolute Gasteiger partial charge is 0.477 e. The van der Waals surface area contributed by atoms with E-state index in [-0.39, 0.29) is 18.9 Å². The lowest BCUT2D eigenvalue weighted by atomic mass is 9.88. The molecule has 3 heterocycles. The van der Waals surface area contributed by atoms with Crippen LogP contribution in [0.15, 0.2) is 12.2 Å². The van der Waals surface area contributed by atoms with Crippen LogP contribution in [0.3, 0.4) is 0 Å². The van der Waals surface area contributed by atoms with Gasteiger partial charge in [0.25, 0.3) is 5.79 Å². The molecule has 2 amide bonds. The number of allylic oxidation sites excluding steroid dienone is 2. The van der Waals surface area contributed by atoms with Crippen LogP contribution in [0.1, 0.15) is 310 Å². The molecule has 0 radical (unpaired) electrons. The van der Waals surface area contributed by atoms with Crippen LogP contribution in [0.25, 0.3) is 0 Å². The Hall–Kier alpha value is -2.53. The van der Waals surface area contributed by atoms with Gasteiger partial charge >= 0.3 is 5.97 Å². The number of carbonyl (C=O) groups excluding carboxylic acids is 2. The minimum Gasteiger partial charge on any atom is -0.477 e. The summed E-state index contributed by atoms with van der Waals surface area (Å²) in [6.07, 6.45) is 27.7. The number of aliphatic hydroxyl groups is 11. The van der Waals surface area contributed by atoms with Crippen molar-refractivity contribution >= 4 is 17.8 Å². The Morgan fingerprint density at radius 1 is 0.520 bits per heavy atom. The summed E-state index contributed by atoms with van der Waals surface area (Å²) in [5.74, 6) is -6.10. The summed E-state index contributed by atoms with van der Waals surface area (Å²) >= 11 is 0. The molecule has 3 saturated heterocycles. The van der Waals surface area contributed by atoms with Crippen molar-refractivity contribution in [2.75, 3.05) is 26.4 Å². The molecule has 98 heavy (non-hydrogen) atoms. The number of amides is 2. The molecule has 0 spiro atoms. The normalized spacial score (nSPS) is 27.3. The number of unbranched alkanes of at least 4 members (excludes halogenated alkanes) is 39. The van der Waals surface area contributed by atoms with E-state index in [2.05, 4.69) is 36.6 Å². The fourth-order valence-electron chi connectivity index (χ4n) is 13.8. The lowest BCUT2D eigenvalue weighted by Gasteiger charge is -2.50. The van der Waals surface area contributed by atoms with Gasteiger partial charge in [0.05, 0.1) is 50.7 Å². The first-order valence-corrected chi connectivity index (χ1v) is 39.0. The number of aliphatic hydroxyl groups excluding tert-OH is 11. The summed E-state index contributed by atoms with van der Waals surface area (Å²) in [7, 11) is 0. The smallest absolute Gasteiger partial charge is 0.364 e. The van der Waals surface area contributed by atoms with Crippen molar-refractivity contribution in [2.45, 2.75) is 420 Å². The lowest BCUT2D eigenvalue weighted by Crippen LogP contribution is -2.70. The summed E-state index contributed by atoms with van der Waals surface area (Å²) in [6, 6.07) is -2.53. The van der Waals surface area contributed by atoms with Gasteiger partial charge in [-0.1, -0.05) is 264 Å². The van der Waals surface area contributed by atoms with E-state index in [0.717, 1.165) is 84.0 Å². The quantitative estimate of drug-likeness (QED) is 0.0199. The van der Waals surface area contributed by atoms with Crippen molar-refractivity contribution in [1.82, 2.24) is 10.6 Å². The third kappa shape index (κ3) is 35.8. The molecular weight excluding hydrogens is 1260 g/mol. The lowest BCUT2D eigenvalue weighted by molar-refractivity contribution is -0.386. The Bertz CT molecular complexity index is 2010. The number of hydrogen-bond donors (Lipinski definition) is 14. The summed E-state index contributed by atoms with van der Waals surface area (Å²) in [4.78, 5) is 38.7. The summed E-state index contributed by atoms with van der Waals surface area (Å²) < 4.78 is 35.0. The SMILES string of the molecule is CCCCCCCCCCCCCC/C=C\CCCCCCCCCC(=O)NC(COC1OC(CO)C(OC2OC(CO)C(O)C(OC3(C(=O)O)CC(O)C(NC(C)=O)C(C(O)C(O)CO)O3)C2O)C(O)C1O)C(O)CCCCCCCCCCCCCCCCCCCCCCC. The van der Waals surface area contributed by atoms with Crippen LogP contribution in [0.2, 0.25) is 0 Å². The van der Waals surface area contributed by atoms with Gasteiger partial charge in [-0.3, -0.25) is 9.59 Å². The van der Waals surface area contributed by atoms with Crippen molar-refractivity contribution in [3.8, 4) is 0 Å². The average Bonchev–Trinajstić information content (AvgIpc) is 0.757. The molecule has 14 N–H and O–H groups in total. The van der Waals surface area contributed by atoms with Crippen LogP contribution in [0.4, 0.5) is 0 Å². The van der Waals surface area contributed by atoms with Gasteiger partial charge in [0.1, 0.15) is 67.1 Å². The minimum atomic E-state index is -3.08. The zero-order valence-corrected chi connectivity index (χ0v) is 60.7. The Labute approximate surface area is 588 Å². The third-order valence-corrected chi connectivity index (χ3v) is 20.0. The Kier molecular flexibility index (Phi) is 50.4. The van der Waals surface area contributed by atoms with Crippen molar-refractivity contribution in [3.63, 3.8) is 0 Å². The summed E-state index contributed by atoms with van der Waals surface area (Å²) in [6.45, 7) is 2.25. The molecule has 0 aromatic heterocycles. The monoisotopic (exact) mass is 1400 g/mol. The number of carboxylic acid groups (broad SMARTS) is 1. The maximum Gasteiger partial charge on any atom is 0.364 e. The number of hydrogen-bond acceptors (Lipinski definition) is 20. The number of rotatable bonds is 61. The first kappa shape index (κ1) is 89.7.